The van der Waals surface area contributed by atoms with Gasteiger partial charge in [0.1, 0.15) is 15.8 Å². The van der Waals surface area contributed by atoms with Gasteiger partial charge in [0.2, 0.25) is 0 Å². The average molecular weight is 416 g/mol. The molecule has 0 atom stereocenters. The summed E-state index contributed by atoms with van der Waals surface area (Å²) in [4.78, 5) is 1.75. The zero-order chi connectivity index (χ0) is 18.7. The second-order valence-electron chi connectivity index (χ2n) is 5.77. The lowest BCUT2D eigenvalue weighted by Gasteiger charge is -2.29. The van der Waals surface area contributed by atoms with E-state index in [2.05, 4.69) is 15.6 Å². The van der Waals surface area contributed by atoms with Gasteiger partial charge in [-0.15, -0.1) is 16.9 Å². The smallest absolute Gasteiger partial charge is 0.153 e. The minimum absolute atomic E-state index is 0.0472. The summed E-state index contributed by atoms with van der Waals surface area (Å²) >= 11 is 6.50. The van der Waals surface area contributed by atoms with Crippen LogP contribution in [0.1, 0.15) is 5.69 Å². The number of benzene rings is 1. The normalized spacial score (nSPS) is 16.5. The molecule has 1 saturated heterocycles. The molecule has 3 rings (SSSR count). The highest BCUT2D eigenvalue weighted by atomic mass is 32.2. The number of halogens is 1. The van der Waals surface area contributed by atoms with Gasteiger partial charge in [-0.05, 0) is 18.4 Å². The molecule has 1 aromatic carbocycles. The largest absolute Gasteiger partial charge is 0.367 e. The van der Waals surface area contributed by atoms with E-state index in [4.69, 9.17) is 12.2 Å². The average Bonchev–Trinajstić information content (AvgIpc) is 3.09. The van der Waals surface area contributed by atoms with E-state index in [0.717, 1.165) is 0 Å². The van der Waals surface area contributed by atoms with Gasteiger partial charge in [-0.3, -0.25) is 0 Å². The molecule has 2 heterocycles. The summed E-state index contributed by atoms with van der Waals surface area (Å²) in [7, 11) is -3.00. The number of nitrogens with one attached hydrogen (secondary N) is 1. The van der Waals surface area contributed by atoms with E-state index in [9.17, 15) is 12.8 Å². The Balaban J connectivity index is 1.72. The molecule has 1 aliphatic heterocycles. The summed E-state index contributed by atoms with van der Waals surface area (Å²) in [5.74, 6) is -0.322. The Kier molecular flexibility index (Phi) is 5.78. The lowest BCUT2D eigenvalue weighted by molar-refractivity contribution is 0.581. The number of hydrogen-bond acceptors (Lipinski definition) is 7. The molecule has 0 amide bonds. The van der Waals surface area contributed by atoms with Crippen molar-refractivity contribution in [2.24, 2.45) is 0 Å². The van der Waals surface area contributed by atoms with Gasteiger partial charge in [-0.1, -0.05) is 17.4 Å². The minimum atomic E-state index is -3.00. The van der Waals surface area contributed by atoms with Gasteiger partial charge in [-0.25, -0.2) is 17.5 Å². The highest BCUT2D eigenvalue weighted by molar-refractivity contribution is 8.22. The fourth-order valence-corrected chi connectivity index (χ4v) is 4.08. The van der Waals surface area contributed by atoms with Gasteiger partial charge in [0.25, 0.3) is 0 Å². The van der Waals surface area contributed by atoms with Crippen LogP contribution < -0.4 is 10.2 Å². The summed E-state index contributed by atoms with van der Waals surface area (Å²) in [6.45, 7) is 1.04. The van der Waals surface area contributed by atoms with Crippen LogP contribution in [-0.2, 0) is 16.4 Å². The second-order valence-corrected chi connectivity index (χ2v) is 9.56. The van der Waals surface area contributed by atoms with E-state index in [1.165, 1.54) is 22.5 Å². The second kappa shape index (κ2) is 7.89. The molecule has 1 N–H and O–H groups in total. The first-order valence-corrected chi connectivity index (χ1v) is 11.3. The van der Waals surface area contributed by atoms with Crippen LogP contribution in [0.2, 0.25) is 0 Å². The molecule has 140 valence electrons. The van der Waals surface area contributed by atoms with Crippen LogP contribution in [0.5, 0.6) is 0 Å². The van der Waals surface area contributed by atoms with E-state index in [-0.39, 0.29) is 11.5 Å². The van der Waals surface area contributed by atoms with Gasteiger partial charge >= 0.3 is 0 Å². The Morgan fingerprint density at radius 3 is 2.77 bits per heavy atom. The van der Waals surface area contributed by atoms with Crippen molar-refractivity contribution >= 4 is 43.8 Å². The highest BCUT2D eigenvalue weighted by Gasteiger charge is 2.23. The quantitative estimate of drug-likeness (QED) is 0.751. The van der Waals surface area contributed by atoms with Gasteiger partial charge in [-0.2, -0.15) is 0 Å². The molecule has 11 heteroatoms. The molecule has 1 fully saturated rings. The van der Waals surface area contributed by atoms with Gasteiger partial charge in [0, 0.05) is 19.2 Å². The van der Waals surface area contributed by atoms with Crippen LogP contribution in [0, 0.1) is 5.82 Å². The molecular formula is C15H18FN5O2S3. The van der Waals surface area contributed by atoms with Gasteiger partial charge in [0.05, 0.1) is 35.6 Å². The molecule has 0 saturated carbocycles. The van der Waals surface area contributed by atoms with E-state index in [1.54, 1.807) is 23.2 Å². The van der Waals surface area contributed by atoms with Crippen molar-refractivity contribution in [3.05, 3.63) is 35.9 Å². The fourth-order valence-electron chi connectivity index (χ4n) is 2.59. The molecule has 0 spiro atoms. The van der Waals surface area contributed by atoms with Gasteiger partial charge < -0.3 is 10.2 Å². The first-order chi connectivity index (χ1) is 12.4. The third-order valence-corrected chi connectivity index (χ3v) is 6.79. The Labute approximate surface area is 160 Å². The number of nitrogens with zero attached hydrogens (tertiary/aromatic N) is 4. The lowest BCUT2D eigenvalue weighted by atomic mass is 10.2. The fraction of sp³-hybridized carbons (Fsp3) is 0.400. The third-order valence-electron chi connectivity index (χ3n) is 4.02. The monoisotopic (exact) mass is 415 g/mol. The van der Waals surface area contributed by atoms with Crippen molar-refractivity contribution in [1.82, 2.24) is 20.3 Å². The summed E-state index contributed by atoms with van der Waals surface area (Å²) in [5, 5.41) is 11.1. The molecule has 0 unspecified atom stereocenters. The maximum Gasteiger partial charge on any atom is 0.153 e. The SMILES string of the molecule is CSC(=S)NCc1cn(-c2ccc(N3CCS(=O)(=O)CC3)c(F)c2)nn1. The number of sulfone groups is 1. The predicted molar refractivity (Wildman–Crippen MR) is 105 cm³/mol. The summed E-state index contributed by atoms with van der Waals surface area (Å²) < 4.78 is 39.7. The summed E-state index contributed by atoms with van der Waals surface area (Å²) in [6.07, 6.45) is 3.59. The van der Waals surface area contributed by atoms with Crippen LogP contribution in [0.15, 0.2) is 24.4 Å². The van der Waals surface area contributed by atoms with Crippen LogP contribution in [-0.4, -0.2) is 58.6 Å². The molecule has 0 aliphatic carbocycles. The minimum Gasteiger partial charge on any atom is -0.367 e. The maximum atomic E-state index is 14.5. The number of thiocarbonyl (C=S) groups is 1. The van der Waals surface area contributed by atoms with Crippen molar-refractivity contribution in [1.29, 1.82) is 0 Å². The zero-order valence-corrected chi connectivity index (χ0v) is 16.5. The first kappa shape index (κ1) is 19.1. The van der Waals surface area contributed by atoms with Crippen molar-refractivity contribution in [2.75, 3.05) is 35.8 Å². The van der Waals surface area contributed by atoms with Crippen LogP contribution in [0.25, 0.3) is 5.69 Å². The predicted octanol–water partition coefficient (Wildman–Crippen LogP) is 1.38. The molecule has 2 aromatic rings. The van der Waals surface area contributed by atoms with Crippen molar-refractivity contribution in [2.45, 2.75) is 6.54 Å². The third kappa shape index (κ3) is 4.51. The number of hydrogen-bond donors (Lipinski definition) is 1. The topological polar surface area (TPSA) is 80.1 Å². The van der Waals surface area contributed by atoms with Gasteiger partial charge in [0.15, 0.2) is 9.84 Å². The number of anilines is 1. The number of rotatable bonds is 4. The zero-order valence-electron chi connectivity index (χ0n) is 14.1. The van der Waals surface area contributed by atoms with E-state index >= 15 is 0 Å². The molecular weight excluding hydrogens is 397 g/mol. The van der Waals surface area contributed by atoms with Crippen LogP contribution in [0.3, 0.4) is 0 Å². The molecule has 7 nitrogen and oxygen atoms in total. The Morgan fingerprint density at radius 2 is 2.12 bits per heavy atom. The Bertz CT molecular complexity index is 902. The summed E-state index contributed by atoms with van der Waals surface area (Å²) in [6, 6.07) is 4.75. The molecule has 0 radical (unpaired) electrons. The number of aromatic nitrogens is 3. The van der Waals surface area contributed by atoms with Crippen molar-refractivity contribution in [3.8, 4) is 5.69 Å². The molecule has 0 bridgehead atoms. The Morgan fingerprint density at radius 1 is 1.38 bits per heavy atom. The summed E-state index contributed by atoms with van der Waals surface area (Å²) in [5.41, 5.74) is 1.63. The first-order valence-electron chi connectivity index (χ1n) is 7.86. The van der Waals surface area contributed by atoms with Crippen molar-refractivity contribution in [3.63, 3.8) is 0 Å². The van der Waals surface area contributed by atoms with Crippen molar-refractivity contribution < 1.29 is 12.8 Å². The highest BCUT2D eigenvalue weighted by Crippen LogP contribution is 2.23. The Hall–Kier alpha value is -1.72. The molecule has 26 heavy (non-hydrogen) atoms. The lowest BCUT2D eigenvalue weighted by Crippen LogP contribution is -2.40. The van der Waals surface area contributed by atoms with E-state index in [1.807, 2.05) is 6.26 Å². The van der Waals surface area contributed by atoms with Crippen LogP contribution in [0.4, 0.5) is 10.1 Å². The standard InChI is InChI=1S/C15H18FN5O2S3/c1-25-15(24)17-9-11-10-21(19-18-11)12-2-3-14(13(16)8-12)20-4-6-26(22,23)7-5-20/h2-3,8,10H,4-7,9H2,1H3,(H,17,24). The molecule has 1 aliphatic rings. The van der Waals surface area contributed by atoms with E-state index < -0.39 is 15.7 Å². The van der Waals surface area contributed by atoms with Crippen LogP contribution >= 0.6 is 24.0 Å². The molecule has 1 aromatic heterocycles. The maximum absolute atomic E-state index is 14.5. The number of thioether (sulfide) groups is 1. The van der Waals surface area contributed by atoms with E-state index in [0.29, 0.717) is 41.0 Å².